The second kappa shape index (κ2) is 6.07. The summed E-state index contributed by atoms with van der Waals surface area (Å²) in [5, 5.41) is 0.0667. The summed E-state index contributed by atoms with van der Waals surface area (Å²) in [5.74, 6) is 0.307. The van der Waals surface area contributed by atoms with Crippen molar-refractivity contribution in [1.82, 2.24) is 9.62 Å². The number of nitrogen functional groups attached to an aromatic ring is 1. The van der Waals surface area contributed by atoms with Gasteiger partial charge in [-0.25, -0.2) is 13.1 Å². The Bertz CT molecular complexity index is 584. The Morgan fingerprint density at radius 3 is 2.50 bits per heavy atom. The lowest BCUT2D eigenvalue weighted by Crippen LogP contribution is -2.31. The van der Waals surface area contributed by atoms with Gasteiger partial charge < -0.3 is 10.6 Å². The molecule has 1 fully saturated rings. The van der Waals surface area contributed by atoms with Gasteiger partial charge in [-0.3, -0.25) is 0 Å². The van der Waals surface area contributed by atoms with Crippen LogP contribution in [0, 0.1) is 5.92 Å². The van der Waals surface area contributed by atoms with Gasteiger partial charge in [0.15, 0.2) is 0 Å². The van der Waals surface area contributed by atoms with Crippen molar-refractivity contribution in [2.24, 2.45) is 5.92 Å². The molecule has 1 aromatic rings. The Balaban J connectivity index is 2.15. The number of nitrogens with one attached hydrogen (secondary N) is 1. The normalized spacial score (nSPS) is 20.4. The number of likely N-dealkylation sites (tertiary alicyclic amines) is 1. The number of rotatable bonds is 4. The fourth-order valence-electron chi connectivity index (χ4n) is 2.33. The van der Waals surface area contributed by atoms with Crippen LogP contribution in [0.15, 0.2) is 17.0 Å². The van der Waals surface area contributed by atoms with Gasteiger partial charge in [0.25, 0.3) is 0 Å². The predicted molar refractivity (Wildman–Crippen MR) is 81.7 cm³/mol. The van der Waals surface area contributed by atoms with E-state index in [1.807, 2.05) is 7.05 Å². The van der Waals surface area contributed by atoms with E-state index >= 15 is 0 Å². The first kappa shape index (κ1) is 15.9. The number of sulfonamides is 1. The molecule has 0 aliphatic carbocycles. The van der Waals surface area contributed by atoms with Gasteiger partial charge in [0.2, 0.25) is 10.0 Å². The van der Waals surface area contributed by atoms with Crippen molar-refractivity contribution in [2.75, 3.05) is 32.4 Å². The average molecular weight is 338 g/mol. The van der Waals surface area contributed by atoms with Gasteiger partial charge in [-0.15, -0.1) is 0 Å². The minimum Gasteiger partial charge on any atom is -0.399 e. The molecule has 3 N–H and O–H groups in total. The molecule has 2 rings (SSSR count). The quantitative estimate of drug-likeness (QED) is 0.821. The predicted octanol–water partition coefficient (Wildman–Crippen LogP) is 1.81. The summed E-state index contributed by atoms with van der Waals surface area (Å²) >= 11 is 11.9. The van der Waals surface area contributed by atoms with Crippen molar-refractivity contribution >= 4 is 38.9 Å². The lowest BCUT2D eigenvalue weighted by atomic mass is 10.1. The van der Waals surface area contributed by atoms with Crippen molar-refractivity contribution in [1.29, 1.82) is 0 Å². The molecule has 0 spiro atoms. The van der Waals surface area contributed by atoms with Crippen LogP contribution in [-0.2, 0) is 10.0 Å². The van der Waals surface area contributed by atoms with Crippen molar-refractivity contribution in [2.45, 2.75) is 11.3 Å². The van der Waals surface area contributed by atoms with Crippen LogP contribution in [-0.4, -0.2) is 40.0 Å². The van der Waals surface area contributed by atoms with Crippen molar-refractivity contribution < 1.29 is 8.42 Å². The summed E-state index contributed by atoms with van der Waals surface area (Å²) in [6, 6.07) is 2.76. The molecule has 1 aliphatic heterocycles. The zero-order valence-corrected chi connectivity index (χ0v) is 13.4. The average Bonchev–Trinajstić information content (AvgIpc) is 2.71. The molecule has 8 heteroatoms. The highest BCUT2D eigenvalue weighted by atomic mass is 35.5. The Morgan fingerprint density at radius 1 is 1.40 bits per heavy atom. The first-order valence-corrected chi connectivity index (χ1v) is 8.46. The molecule has 1 atom stereocenters. The van der Waals surface area contributed by atoms with Crippen molar-refractivity contribution in [3.05, 3.63) is 22.2 Å². The number of hydrogen-bond donors (Lipinski definition) is 2. The largest absolute Gasteiger partial charge is 0.399 e. The van der Waals surface area contributed by atoms with Crippen LogP contribution in [0.2, 0.25) is 10.0 Å². The number of benzene rings is 1. The van der Waals surface area contributed by atoms with Gasteiger partial charge in [0, 0.05) is 18.8 Å². The Labute approximate surface area is 129 Å². The minimum atomic E-state index is -3.73. The number of nitrogens with zero attached hydrogens (tertiary/aromatic N) is 1. The van der Waals surface area contributed by atoms with Gasteiger partial charge >= 0.3 is 0 Å². The fraction of sp³-hybridized carbons (Fsp3) is 0.500. The van der Waals surface area contributed by atoms with Gasteiger partial charge in [0.05, 0.1) is 10.0 Å². The first-order chi connectivity index (χ1) is 9.29. The highest BCUT2D eigenvalue weighted by molar-refractivity contribution is 7.89. The number of halogens is 2. The summed E-state index contributed by atoms with van der Waals surface area (Å²) in [6.07, 6.45) is 0.974. The van der Waals surface area contributed by atoms with E-state index in [1.165, 1.54) is 12.1 Å². The van der Waals surface area contributed by atoms with E-state index in [9.17, 15) is 8.42 Å². The molecule has 5 nitrogen and oxygen atoms in total. The van der Waals surface area contributed by atoms with E-state index in [2.05, 4.69) is 9.62 Å². The number of nitrogens with two attached hydrogens (primary N) is 1. The van der Waals surface area contributed by atoms with Crippen molar-refractivity contribution in [3.8, 4) is 0 Å². The molecule has 20 heavy (non-hydrogen) atoms. The van der Waals surface area contributed by atoms with E-state index in [1.54, 1.807) is 0 Å². The fourth-order valence-corrected chi connectivity index (χ4v) is 4.67. The van der Waals surface area contributed by atoms with Crippen LogP contribution in [0.1, 0.15) is 6.42 Å². The minimum absolute atomic E-state index is 0.0334. The molecule has 112 valence electrons. The lowest BCUT2D eigenvalue weighted by Gasteiger charge is -2.14. The lowest BCUT2D eigenvalue weighted by molar-refractivity contribution is 0.394. The molecular weight excluding hydrogens is 321 g/mol. The number of hydrogen-bond acceptors (Lipinski definition) is 4. The highest BCUT2D eigenvalue weighted by Gasteiger charge is 2.25. The molecule has 0 radical (unpaired) electrons. The maximum absolute atomic E-state index is 12.3. The smallest absolute Gasteiger partial charge is 0.243 e. The maximum atomic E-state index is 12.3. The van der Waals surface area contributed by atoms with Gasteiger partial charge in [-0.05, 0) is 38.1 Å². The third kappa shape index (κ3) is 3.56. The van der Waals surface area contributed by atoms with Crippen molar-refractivity contribution in [3.63, 3.8) is 0 Å². The second-order valence-electron chi connectivity index (χ2n) is 5.08. The van der Waals surface area contributed by atoms with E-state index in [0.717, 1.165) is 19.5 Å². The molecule has 1 aromatic carbocycles. The standard InChI is InChI=1S/C12H17Cl2N3O2S/c1-17-3-2-8(7-17)6-16-20(18,19)12-10(13)4-9(15)5-11(12)14/h4-5,8,16H,2-3,6-7,15H2,1H3. The van der Waals surface area contributed by atoms with E-state index < -0.39 is 10.0 Å². The summed E-state index contributed by atoms with van der Waals surface area (Å²) in [7, 11) is -1.72. The SMILES string of the molecule is CN1CCC(CNS(=O)(=O)c2c(Cl)cc(N)cc2Cl)C1. The summed E-state index contributed by atoms with van der Waals surface area (Å²) in [5.41, 5.74) is 5.90. The van der Waals surface area contributed by atoms with E-state index in [-0.39, 0.29) is 14.9 Å². The van der Waals surface area contributed by atoms with Crippen LogP contribution < -0.4 is 10.5 Å². The molecule has 0 bridgehead atoms. The van der Waals surface area contributed by atoms with Crippen LogP contribution in [0.4, 0.5) is 5.69 Å². The molecule has 1 unspecified atom stereocenters. The Hall–Kier alpha value is -0.530. The summed E-state index contributed by atoms with van der Waals surface area (Å²) in [6.45, 7) is 2.24. The van der Waals surface area contributed by atoms with Gasteiger partial charge in [-0.1, -0.05) is 23.2 Å². The van der Waals surface area contributed by atoms with Crippen LogP contribution in [0.5, 0.6) is 0 Å². The van der Waals surface area contributed by atoms with Gasteiger partial charge in [0.1, 0.15) is 4.90 Å². The maximum Gasteiger partial charge on any atom is 0.243 e. The topological polar surface area (TPSA) is 75.4 Å². The zero-order valence-electron chi connectivity index (χ0n) is 11.1. The van der Waals surface area contributed by atoms with E-state index in [4.69, 9.17) is 28.9 Å². The third-order valence-corrected chi connectivity index (χ3v) is 5.68. The van der Waals surface area contributed by atoms with E-state index in [0.29, 0.717) is 18.2 Å². The molecule has 0 aromatic heterocycles. The Morgan fingerprint density at radius 2 is 2.00 bits per heavy atom. The summed E-state index contributed by atoms with van der Waals surface area (Å²) < 4.78 is 27.2. The second-order valence-corrected chi connectivity index (χ2v) is 7.60. The monoisotopic (exact) mass is 337 g/mol. The van der Waals surface area contributed by atoms with Crippen LogP contribution in [0.3, 0.4) is 0 Å². The van der Waals surface area contributed by atoms with Crippen LogP contribution >= 0.6 is 23.2 Å². The molecule has 1 aliphatic rings. The number of anilines is 1. The molecule has 1 heterocycles. The van der Waals surface area contributed by atoms with Crippen LogP contribution in [0.25, 0.3) is 0 Å². The molecular formula is C12H17Cl2N3O2S. The highest BCUT2D eigenvalue weighted by Crippen LogP contribution is 2.31. The summed E-state index contributed by atoms with van der Waals surface area (Å²) in [4.78, 5) is 2.06. The third-order valence-electron chi connectivity index (χ3n) is 3.34. The molecule has 0 saturated carbocycles. The first-order valence-electron chi connectivity index (χ1n) is 6.22. The Kier molecular flexibility index (Phi) is 4.81. The molecule has 0 amide bonds. The zero-order chi connectivity index (χ0) is 14.9. The molecule has 1 saturated heterocycles. The van der Waals surface area contributed by atoms with Gasteiger partial charge in [-0.2, -0.15) is 0 Å².